The zero-order chi connectivity index (χ0) is 12.0. The van der Waals surface area contributed by atoms with Crippen LogP contribution < -0.4 is 15.0 Å². The van der Waals surface area contributed by atoms with Crippen molar-refractivity contribution in [3.8, 4) is 5.88 Å². The van der Waals surface area contributed by atoms with Gasteiger partial charge in [0.15, 0.2) is 0 Å². The number of ether oxygens (including phenoxy) is 1. The van der Waals surface area contributed by atoms with E-state index in [9.17, 15) is 0 Å². The molecular formula is C11H20N4O. The highest BCUT2D eigenvalue weighted by Gasteiger charge is 2.10. The van der Waals surface area contributed by atoms with Gasteiger partial charge >= 0.3 is 0 Å². The lowest BCUT2D eigenvalue weighted by Gasteiger charge is -2.20. The highest BCUT2D eigenvalue weighted by atomic mass is 16.5. The number of likely N-dealkylation sites (N-methyl/N-ethyl adjacent to an activating group) is 2. The summed E-state index contributed by atoms with van der Waals surface area (Å²) in [5, 5.41) is 3.28. The van der Waals surface area contributed by atoms with E-state index in [2.05, 4.69) is 27.1 Å². The molecule has 1 aromatic rings. The summed E-state index contributed by atoms with van der Waals surface area (Å²) in [4.78, 5) is 10.4. The molecular weight excluding hydrogens is 204 g/mol. The number of aromatic nitrogens is 2. The summed E-state index contributed by atoms with van der Waals surface area (Å²) in [5.41, 5.74) is 0.976. The van der Waals surface area contributed by atoms with Crippen LogP contribution in [0, 0.1) is 6.92 Å². The normalized spacial score (nSPS) is 10.2. The second-order valence-corrected chi connectivity index (χ2v) is 3.61. The molecule has 0 aliphatic carbocycles. The second kappa shape index (κ2) is 6.27. The van der Waals surface area contributed by atoms with Gasteiger partial charge in [0, 0.05) is 20.1 Å². The summed E-state index contributed by atoms with van der Waals surface area (Å²) >= 11 is 0. The maximum absolute atomic E-state index is 5.17. The summed E-state index contributed by atoms with van der Waals surface area (Å²) in [6.45, 7) is 6.91. The van der Waals surface area contributed by atoms with Crippen molar-refractivity contribution in [3.63, 3.8) is 0 Å². The summed E-state index contributed by atoms with van der Waals surface area (Å²) < 4.78 is 5.17. The van der Waals surface area contributed by atoms with Crippen LogP contribution >= 0.6 is 0 Å². The molecule has 0 radical (unpaired) electrons. The first-order chi connectivity index (χ1) is 7.70. The maximum atomic E-state index is 5.17. The Morgan fingerprint density at radius 3 is 2.81 bits per heavy atom. The molecule has 16 heavy (non-hydrogen) atoms. The van der Waals surface area contributed by atoms with Crippen LogP contribution in [0.25, 0.3) is 0 Å². The first-order valence-corrected chi connectivity index (χ1v) is 5.48. The van der Waals surface area contributed by atoms with Crippen molar-refractivity contribution in [2.75, 3.05) is 38.7 Å². The molecule has 5 heteroatoms. The molecule has 5 nitrogen and oxygen atoms in total. The second-order valence-electron chi connectivity index (χ2n) is 3.61. The SMILES string of the molecule is CCNCCN(C)c1ncnc(OC)c1C. The van der Waals surface area contributed by atoms with Crippen molar-refractivity contribution >= 4 is 5.82 Å². The van der Waals surface area contributed by atoms with Crippen molar-refractivity contribution in [2.24, 2.45) is 0 Å². The van der Waals surface area contributed by atoms with Gasteiger partial charge in [-0.1, -0.05) is 6.92 Å². The third kappa shape index (κ3) is 3.06. The number of anilines is 1. The van der Waals surface area contributed by atoms with Crippen LogP contribution in [0.1, 0.15) is 12.5 Å². The van der Waals surface area contributed by atoms with Gasteiger partial charge < -0.3 is 15.0 Å². The molecule has 1 N–H and O–H groups in total. The van der Waals surface area contributed by atoms with Gasteiger partial charge in [-0.05, 0) is 13.5 Å². The first-order valence-electron chi connectivity index (χ1n) is 5.48. The van der Waals surface area contributed by atoms with Crippen molar-refractivity contribution in [3.05, 3.63) is 11.9 Å². The van der Waals surface area contributed by atoms with Crippen molar-refractivity contribution in [1.29, 1.82) is 0 Å². The lowest BCUT2D eigenvalue weighted by Crippen LogP contribution is -2.30. The summed E-state index contributed by atoms with van der Waals surface area (Å²) in [7, 11) is 3.64. The third-order valence-electron chi connectivity index (χ3n) is 2.44. The first kappa shape index (κ1) is 12.7. The lowest BCUT2D eigenvalue weighted by molar-refractivity contribution is 0.393. The fourth-order valence-electron chi connectivity index (χ4n) is 1.55. The molecule has 0 fully saturated rings. The lowest BCUT2D eigenvalue weighted by atomic mass is 10.3. The molecule has 0 spiro atoms. The number of hydrogen-bond acceptors (Lipinski definition) is 5. The molecule has 90 valence electrons. The Balaban J connectivity index is 2.71. The van der Waals surface area contributed by atoms with Crippen LogP contribution in [-0.4, -0.2) is 43.8 Å². The van der Waals surface area contributed by atoms with E-state index < -0.39 is 0 Å². The number of nitrogens with zero attached hydrogens (tertiary/aromatic N) is 3. The molecule has 0 amide bonds. The van der Waals surface area contributed by atoms with Gasteiger partial charge in [-0.25, -0.2) is 9.97 Å². The van der Waals surface area contributed by atoms with Crippen LogP contribution in [0.5, 0.6) is 5.88 Å². The van der Waals surface area contributed by atoms with Crippen LogP contribution in [0.15, 0.2) is 6.33 Å². The van der Waals surface area contributed by atoms with Gasteiger partial charge in [0.1, 0.15) is 12.1 Å². The third-order valence-corrected chi connectivity index (χ3v) is 2.44. The van der Waals surface area contributed by atoms with E-state index in [1.165, 1.54) is 6.33 Å². The van der Waals surface area contributed by atoms with Crippen molar-refractivity contribution < 1.29 is 4.74 Å². The Morgan fingerprint density at radius 1 is 1.44 bits per heavy atom. The largest absolute Gasteiger partial charge is 0.481 e. The van der Waals surface area contributed by atoms with E-state index >= 15 is 0 Å². The minimum Gasteiger partial charge on any atom is -0.481 e. The highest BCUT2D eigenvalue weighted by molar-refractivity contribution is 5.49. The zero-order valence-electron chi connectivity index (χ0n) is 10.4. The standard InChI is InChI=1S/C11H20N4O/c1-5-12-6-7-15(3)10-9(2)11(16-4)14-8-13-10/h8,12H,5-7H2,1-4H3. The maximum Gasteiger partial charge on any atom is 0.221 e. The Kier molecular flexibility index (Phi) is 4.98. The number of methoxy groups -OCH3 is 1. The smallest absolute Gasteiger partial charge is 0.221 e. The molecule has 0 bridgehead atoms. The highest BCUT2D eigenvalue weighted by Crippen LogP contribution is 2.21. The molecule has 0 aromatic carbocycles. The molecule has 0 atom stereocenters. The molecule has 0 unspecified atom stereocenters. The molecule has 1 heterocycles. The Morgan fingerprint density at radius 2 is 2.19 bits per heavy atom. The Bertz CT molecular complexity index is 330. The van der Waals surface area contributed by atoms with Gasteiger partial charge in [0.05, 0.1) is 12.7 Å². The van der Waals surface area contributed by atoms with Gasteiger partial charge in [0.25, 0.3) is 0 Å². The Labute approximate surface area is 96.8 Å². The molecule has 0 aliphatic heterocycles. The van der Waals surface area contributed by atoms with Crippen LogP contribution in [0.2, 0.25) is 0 Å². The number of hydrogen-bond donors (Lipinski definition) is 1. The van der Waals surface area contributed by atoms with E-state index in [0.29, 0.717) is 5.88 Å². The van der Waals surface area contributed by atoms with Crippen LogP contribution in [0.3, 0.4) is 0 Å². The summed E-state index contributed by atoms with van der Waals surface area (Å²) in [5.74, 6) is 1.56. The average molecular weight is 224 g/mol. The topological polar surface area (TPSA) is 50.3 Å². The fraction of sp³-hybridized carbons (Fsp3) is 0.636. The van der Waals surface area contributed by atoms with E-state index in [-0.39, 0.29) is 0 Å². The Hall–Kier alpha value is -1.36. The van der Waals surface area contributed by atoms with E-state index in [0.717, 1.165) is 31.0 Å². The minimum atomic E-state index is 0.639. The minimum absolute atomic E-state index is 0.639. The average Bonchev–Trinajstić information content (AvgIpc) is 2.29. The summed E-state index contributed by atoms with van der Waals surface area (Å²) in [6.07, 6.45) is 1.53. The van der Waals surface area contributed by atoms with E-state index in [1.54, 1.807) is 7.11 Å². The molecule has 1 aromatic heterocycles. The molecule has 1 rings (SSSR count). The molecule has 0 aliphatic rings. The predicted octanol–water partition coefficient (Wildman–Crippen LogP) is 0.839. The summed E-state index contributed by atoms with van der Waals surface area (Å²) in [6, 6.07) is 0. The van der Waals surface area contributed by atoms with Crippen molar-refractivity contribution in [2.45, 2.75) is 13.8 Å². The number of rotatable bonds is 6. The van der Waals surface area contributed by atoms with E-state index in [4.69, 9.17) is 4.74 Å². The fourth-order valence-corrected chi connectivity index (χ4v) is 1.55. The quantitative estimate of drug-likeness (QED) is 0.726. The van der Waals surface area contributed by atoms with Gasteiger partial charge in [-0.3, -0.25) is 0 Å². The van der Waals surface area contributed by atoms with Crippen molar-refractivity contribution in [1.82, 2.24) is 15.3 Å². The van der Waals surface area contributed by atoms with Gasteiger partial charge in [0.2, 0.25) is 5.88 Å². The van der Waals surface area contributed by atoms with Crippen LogP contribution in [0.4, 0.5) is 5.82 Å². The number of nitrogens with one attached hydrogen (secondary N) is 1. The predicted molar refractivity (Wildman–Crippen MR) is 65.1 cm³/mol. The van der Waals surface area contributed by atoms with Crippen LogP contribution in [-0.2, 0) is 0 Å². The molecule has 0 saturated carbocycles. The zero-order valence-corrected chi connectivity index (χ0v) is 10.4. The van der Waals surface area contributed by atoms with Gasteiger partial charge in [-0.2, -0.15) is 0 Å². The van der Waals surface area contributed by atoms with Gasteiger partial charge in [-0.15, -0.1) is 0 Å². The van der Waals surface area contributed by atoms with E-state index in [1.807, 2.05) is 14.0 Å². The molecule has 0 saturated heterocycles. The monoisotopic (exact) mass is 224 g/mol.